The van der Waals surface area contributed by atoms with Crippen molar-refractivity contribution >= 4 is 23.5 Å². The summed E-state index contributed by atoms with van der Waals surface area (Å²) >= 11 is 6.14. The topological polar surface area (TPSA) is 37.5 Å². The first kappa shape index (κ1) is 14.4. The van der Waals surface area contributed by atoms with Gasteiger partial charge in [-0.3, -0.25) is 5.43 Å². The van der Waals surface area contributed by atoms with Crippen LogP contribution < -0.4 is 5.43 Å². The average molecular weight is 311 g/mol. The molecule has 0 aliphatic carbocycles. The van der Waals surface area contributed by atoms with Gasteiger partial charge in [-0.2, -0.15) is 5.10 Å². The van der Waals surface area contributed by atoms with Gasteiger partial charge in [0.2, 0.25) is 0 Å². The third-order valence-corrected chi connectivity index (χ3v) is 3.65. The van der Waals surface area contributed by atoms with Crippen LogP contribution >= 0.6 is 11.6 Å². The third kappa shape index (κ3) is 3.38. The van der Waals surface area contributed by atoms with E-state index in [0.29, 0.717) is 5.76 Å². The van der Waals surface area contributed by atoms with Crippen molar-refractivity contribution < 1.29 is 4.42 Å². The summed E-state index contributed by atoms with van der Waals surface area (Å²) in [6.07, 6.45) is 1.65. The summed E-state index contributed by atoms with van der Waals surface area (Å²) in [5.74, 6) is 1.44. The van der Waals surface area contributed by atoms with Crippen LogP contribution in [-0.2, 0) is 0 Å². The lowest BCUT2D eigenvalue weighted by Gasteiger charge is -2.00. The second-order valence-electron chi connectivity index (χ2n) is 4.90. The standard InChI is InChI=1S/C18H15ClN2O/c1-13-7-8-14(11-17(13)19)18-10-9-16(22-18)12-20-21-15-5-3-2-4-6-15/h2-12,21H,1H3. The van der Waals surface area contributed by atoms with Crippen LogP contribution in [0.5, 0.6) is 0 Å². The summed E-state index contributed by atoms with van der Waals surface area (Å²) in [4.78, 5) is 0. The normalized spacial score (nSPS) is 11.0. The summed E-state index contributed by atoms with van der Waals surface area (Å²) in [5.41, 5.74) is 5.87. The number of nitrogens with one attached hydrogen (secondary N) is 1. The molecule has 1 aromatic heterocycles. The van der Waals surface area contributed by atoms with Gasteiger partial charge in [-0.1, -0.05) is 41.9 Å². The molecule has 0 saturated heterocycles. The molecule has 0 aliphatic rings. The number of aryl methyl sites for hydroxylation is 1. The zero-order valence-electron chi connectivity index (χ0n) is 12.1. The SMILES string of the molecule is Cc1ccc(-c2ccc(C=NNc3ccccc3)o2)cc1Cl. The van der Waals surface area contributed by atoms with E-state index in [1.807, 2.05) is 67.6 Å². The van der Waals surface area contributed by atoms with Gasteiger partial charge in [-0.25, -0.2) is 0 Å². The molecule has 1 N–H and O–H groups in total. The Morgan fingerprint density at radius 2 is 1.86 bits per heavy atom. The first-order valence-electron chi connectivity index (χ1n) is 6.93. The number of hydrogen-bond acceptors (Lipinski definition) is 3. The number of hydrazone groups is 1. The van der Waals surface area contributed by atoms with Crippen molar-refractivity contribution in [2.45, 2.75) is 6.92 Å². The molecule has 0 amide bonds. The average Bonchev–Trinajstić information content (AvgIpc) is 3.00. The van der Waals surface area contributed by atoms with Crippen LogP contribution in [0, 0.1) is 6.92 Å². The van der Waals surface area contributed by atoms with E-state index in [-0.39, 0.29) is 0 Å². The van der Waals surface area contributed by atoms with Gasteiger partial charge in [-0.05, 0) is 42.8 Å². The number of anilines is 1. The van der Waals surface area contributed by atoms with Gasteiger partial charge in [0.1, 0.15) is 11.5 Å². The maximum atomic E-state index is 6.14. The van der Waals surface area contributed by atoms with Gasteiger partial charge >= 0.3 is 0 Å². The Morgan fingerprint density at radius 1 is 1.05 bits per heavy atom. The molecule has 0 radical (unpaired) electrons. The molecule has 0 atom stereocenters. The van der Waals surface area contributed by atoms with E-state index < -0.39 is 0 Å². The highest BCUT2D eigenvalue weighted by Crippen LogP contribution is 2.26. The molecule has 4 heteroatoms. The van der Waals surface area contributed by atoms with Crippen LogP contribution in [0.4, 0.5) is 5.69 Å². The van der Waals surface area contributed by atoms with Crippen LogP contribution in [0.25, 0.3) is 11.3 Å². The molecule has 3 rings (SSSR count). The summed E-state index contributed by atoms with van der Waals surface area (Å²) in [6, 6.07) is 19.4. The van der Waals surface area contributed by atoms with Crippen molar-refractivity contribution in [2.75, 3.05) is 5.43 Å². The Morgan fingerprint density at radius 3 is 2.64 bits per heavy atom. The zero-order valence-corrected chi connectivity index (χ0v) is 12.8. The summed E-state index contributed by atoms with van der Waals surface area (Å²) in [5, 5.41) is 4.89. The first-order chi connectivity index (χ1) is 10.7. The molecule has 110 valence electrons. The Labute approximate surface area is 134 Å². The van der Waals surface area contributed by atoms with Gasteiger partial charge in [0.25, 0.3) is 0 Å². The Hall–Kier alpha value is -2.52. The Bertz CT molecular complexity index is 794. The number of benzene rings is 2. The lowest BCUT2D eigenvalue weighted by molar-refractivity contribution is 0.575. The van der Waals surface area contributed by atoms with E-state index in [2.05, 4.69) is 10.5 Å². The summed E-state index contributed by atoms with van der Waals surface area (Å²) < 4.78 is 5.75. The van der Waals surface area contributed by atoms with Crippen molar-refractivity contribution in [3.05, 3.63) is 77.0 Å². The van der Waals surface area contributed by atoms with Crippen molar-refractivity contribution in [1.82, 2.24) is 0 Å². The van der Waals surface area contributed by atoms with Crippen LogP contribution in [0.2, 0.25) is 5.02 Å². The number of furan rings is 1. The number of nitrogens with zero attached hydrogens (tertiary/aromatic N) is 1. The maximum absolute atomic E-state index is 6.14. The smallest absolute Gasteiger partial charge is 0.147 e. The van der Waals surface area contributed by atoms with Crippen LogP contribution in [-0.4, -0.2) is 6.21 Å². The highest BCUT2D eigenvalue weighted by atomic mass is 35.5. The molecule has 22 heavy (non-hydrogen) atoms. The van der Waals surface area contributed by atoms with Gasteiger partial charge < -0.3 is 4.42 Å². The second-order valence-corrected chi connectivity index (χ2v) is 5.31. The number of para-hydroxylation sites is 1. The van der Waals surface area contributed by atoms with Crippen LogP contribution in [0.1, 0.15) is 11.3 Å². The minimum atomic E-state index is 0.676. The number of rotatable bonds is 4. The molecular weight excluding hydrogens is 296 g/mol. The lowest BCUT2D eigenvalue weighted by atomic mass is 10.1. The van der Waals surface area contributed by atoms with E-state index in [4.69, 9.17) is 16.0 Å². The minimum absolute atomic E-state index is 0.676. The van der Waals surface area contributed by atoms with Gasteiger partial charge in [-0.15, -0.1) is 0 Å². The monoisotopic (exact) mass is 310 g/mol. The van der Waals surface area contributed by atoms with E-state index in [1.165, 1.54) is 0 Å². The van der Waals surface area contributed by atoms with Crippen molar-refractivity contribution in [2.24, 2.45) is 5.10 Å². The third-order valence-electron chi connectivity index (χ3n) is 3.24. The predicted octanol–water partition coefficient (Wildman–Crippen LogP) is 5.35. The molecule has 1 heterocycles. The number of halogens is 1. The fraction of sp³-hybridized carbons (Fsp3) is 0.0556. The van der Waals surface area contributed by atoms with E-state index in [9.17, 15) is 0 Å². The summed E-state index contributed by atoms with van der Waals surface area (Å²) in [7, 11) is 0. The van der Waals surface area contributed by atoms with E-state index >= 15 is 0 Å². The van der Waals surface area contributed by atoms with E-state index in [1.54, 1.807) is 6.21 Å². The van der Waals surface area contributed by atoms with Crippen LogP contribution in [0.3, 0.4) is 0 Å². The highest BCUT2D eigenvalue weighted by molar-refractivity contribution is 6.31. The number of hydrogen-bond donors (Lipinski definition) is 1. The molecule has 2 aromatic carbocycles. The molecule has 3 nitrogen and oxygen atoms in total. The molecule has 3 aromatic rings. The van der Waals surface area contributed by atoms with Crippen molar-refractivity contribution in [3.63, 3.8) is 0 Å². The molecule has 0 bridgehead atoms. The second kappa shape index (κ2) is 6.50. The van der Waals surface area contributed by atoms with Crippen molar-refractivity contribution in [3.8, 4) is 11.3 Å². The zero-order chi connectivity index (χ0) is 15.4. The fourth-order valence-corrected chi connectivity index (χ4v) is 2.19. The predicted molar refractivity (Wildman–Crippen MR) is 91.5 cm³/mol. The molecular formula is C18H15ClN2O. The Balaban J connectivity index is 1.72. The fourth-order valence-electron chi connectivity index (χ4n) is 2.01. The largest absolute Gasteiger partial charge is 0.455 e. The maximum Gasteiger partial charge on any atom is 0.147 e. The summed E-state index contributed by atoms with van der Waals surface area (Å²) in [6.45, 7) is 1.97. The minimum Gasteiger partial charge on any atom is -0.455 e. The molecule has 0 aliphatic heterocycles. The molecule has 0 unspecified atom stereocenters. The van der Waals surface area contributed by atoms with Gasteiger partial charge in [0.15, 0.2) is 0 Å². The van der Waals surface area contributed by atoms with Gasteiger partial charge in [0.05, 0.1) is 11.9 Å². The molecule has 0 saturated carbocycles. The van der Waals surface area contributed by atoms with Gasteiger partial charge in [0, 0.05) is 10.6 Å². The highest BCUT2D eigenvalue weighted by Gasteiger charge is 2.05. The first-order valence-corrected chi connectivity index (χ1v) is 7.31. The van der Waals surface area contributed by atoms with Crippen molar-refractivity contribution in [1.29, 1.82) is 0 Å². The van der Waals surface area contributed by atoms with E-state index in [0.717, 1.165) is 27.6 Å². The molecule has 0 spiro atoms. The Kier molecular flexibility index (Phi) is 4.26. The van der Waals surface area contributed by atoms with Crippen LogP contribution in [0.15, 0.2) is 70.2 Å². The quantitative estimate of drug-likeness (QED) is 0.520. The lowest BCUT2D eigenvalue weighted by Crippen LogP contribution is -1.88. The molecule has 0 fully saturated rings.